The van der Waals surface area contributed by atoms with Crippen molar-refractivity contribution in [3.8, 4) is 0 Å². The van der Waals surface area contributed by atoms with Crippen LogP contribution in [-0.2, 0) is 6.54 Å². The van der Waals surface area contributed by atoms with E-state index in [1.165, 1.54) is 6.42 Å². The van der Waals surface area contributed by atoms with Crippen LogP contribution in [-0.4, -0.2) is 29.7 Å². The lowest BCUT2D eigenvalue weighted by Gasteiger charge is -2.44. The molecule has 1 unspecified atom stereocenters. The van der Waals surface area contributed by atoms with Crippen LogP contribution in [0.4, 0.5) is 0 Å². The van der Waals surface area contributed by atoms with Crippen molar-refractivity contribution in [2.24, 2.45) is 11.3 Å². The highest BCUT2D eigenvalue weighted by Gasteiger charge is 2.35. The third-order valence-electron chi connectivity index (χ3n) is 3.97. The maximum Gasteiger partial charge on any atom is 0.117 e. The molecule has 1 aliphatic rings. The number of aliphatic hydroxyl groups excluding tert-OH is 1. The zero-order valence-corrected chi connectivity index (χ0v) is 10.9. The number of rotatable bonds is 4. The maximum atomic E-state index is 9.10. The quantitative estimate of drug-likeness (QED) is 0.874. The summed E-state index contributed by atoms with van der Waals surface area (Å²) in [5.41, 5.74) is 0.285. The first kappa shape index (κ1) is 12.7. The molecule has 96 valence electrons. The van der Waals surface area contributed by atoms with Gasteiger partial charge in [-0.1, -0.05) is 13.8 Å². The van der Waals surface area contributed by atoms with Gasteiger partial charge in [0.15, 0.2) is 0 Å². The minimum absolute atomic E-state index is 0.285. The number of furan rings is 1. The normalized spacial score (nSPS) is 25.0. The van der Waals surface area contributed by atoms with Gasteiger partial charge < -0.3 is 9.52 Å². The molecule has 0 saturated carbocycles. The molecular weight excluding hydrogens is 214 g/mol. The molecule has 1 N–H and O–H groups in total. The number of nitrogens with zero attached hydrogens (tertiary/aromatic N) is 1. The SMILES string of the molecule is CC1(C)CN(Cc2ccco2)CCC1CCO. The van der Waals surface area contributed by atoms with Gasteiger partial charge in [0.1, 0.15) is 5.76 Å². The zero-order valence-electron chi connectivity index (χ0n) is 10.9. The van der Waals surface area contributed by atoms with E-state index in [2.05, 4.69) is 18.7 Å². The van der Waals surface area contributed by atoms with Crippen LogP contribution in [0.15, 0.2) is 22.8 Å². The molecule has 1 aliphatic heterocycles. The molecule has 3 heteroatoms. The molecule has 1 aromatic rings. The lowest BCUT2D eigenvalue weighted by molar-refractivity contribution is 0.0332. The van der Waals surface area contributed by atoms with Crippen LogP contribution < -0.4 is 0 Å². The van der Waals surface area contributed by atoms with E-state index in [-0.39, 0.29) is 5.41 Å². The van der Waals surface area contributed by atoms with Gasteiger partial charge in [-0.05, 0) is 42.9 Å². The van der Waals surface area contributed by atoms with Gasteiger partial charge in [-0.2, -0.15) is 0 Å². The first-order chi connectivity index (χ1) is 8.12. The molecule has 0 bridgehead atoms. The summed E-state index contributed by atoms with van der Waals surface area (Å²) in [7, 11) is 0. The molecule has 2 rings (SSSR count). The standard InChI is InChI=1S/C14H23NO2/c1-14(2)11-15(7-5-12(14)6-8-16)10-13-4-3-9-17-13/h3-4,9,12,16H,5-8,10-11H2,1-2H3. The molecule has 1 aromatic heterocycles. The fraction of sp³-hybridized carbons (Fsp3) is 0.714. The predicted octanol–water partition coefficient (Wildman–Crippen LogP) is 2.51. The van der Waals surface area contributed by atoms with Crippen LogP contribution >= 0.6 is 0 Å². The van der Waals surface area contributed by atoms with E-state index in [0.717, 1.165) is 31.8 Å². The molecular formula is C14H23NO2. The Morgan fingerprint density at radius 2 is 2.35 bits per heavy atom. The Balaban J connectivity index is 1.92. The van der Waals surface area contributed by atoms with Gasteiger partial charge in [0, 0.05) is 13.2 Å². The van der Waals surface area contributed by atoms with Gasteiger partial charge in [-0.25, -0.2) is 0 Å². The summed E-state index contributed by atoms with van der Waals surface area (Å²) in [6, 6.07) is 3.98. The lowest BCUT2D eigenvalue weighted by atomic mass is 9.72. The van der Waals surface area contributed by atoms with Crippen LogP contribution in [0.1, 0.15) is 32.4 Å². The Kier molecular flexibility index (Phi) is 3.89. The molecule has 2 heterocycles. The summed E-state index contributed by atoms with van der Waals surface area (Å²) in [4.78, 5) is 2.45. The number of aliphatic hydroxyl groups is 1. The number of piperidine rings is 1. The van der Waals surface area contributed by atoms with E-state index in [1.807, 2.05) is 12.1 Å². The van der Waals surface area contributed by atoms with Crippen LogP contribution in [0.2, 0.25) is 0 Å². The van der Waals surface area contributed by atoms with E-state index < -0.39 is 0 Å². The molecule has 3 nitrogen and oxygen atoms in total. The van der Waals surface area contributed by atoms with Crippen molar-refractivity contribution in [2.45, 2.75) is 33.2 Å². The van der Waals surface area contributed by atoms with Gasteiger partial charge in [0.25, 0.3) is 0 Å². The average molecular weight is 237 g/mol. The smallest absolute Gasteiger partial charge is 0.117 e. The van der Waals surface area contributed by atoms with Crippen LogP contribution in [0.25, 0.3) is 0 Å². The van der Waals surface area contributed by atoms with E-state index in [4.69, 9.17) is 9.52 Å². The molecule has 17 heavy (non-hydrogen) atoms. The highest BCUT2D eigenvalue weighted by Crippen LogP contribution is 2.37. The van der Waals surface area contributed by atoms with Crippen molar-refractivity contribution in [1.82, 2.24) is 4.90 Å². The van der Waals surface area contributed by atoms with Crippen molar-refractivity contribution in [1.29, 1.82) is 0 Å². The van der Waals surface area contributed by atoms with Crippen LogP contribution in [0.5, 0.6) is 0 Å². The van der Waals surface area contributed by atoms with E-state index in [9.17, 15) is 0 Å². The van der Waals surface area contributed by atoms with Crippen molar-refractivity contribution >= 4 is 0 Å². The Hall–Kier alpha value is -0.800. The lowest BCUT2D eigenvalue weighted by Crippen LogP contribution is -2.45. The molecule has 0 aliphatic carbocycles. The van der Waals surface area contributed by atoms with Crippen molar-refractivity contribution < 1.29 is 9.52 Å². The summed E-state index contributed by atoms with van der Waals surface area (Å²) in [5.74, 6) is 1.68. The summed E-state index contributed by atoms with van der Waals surface area (Å²) in [5, 5.41) is 9.10. The van der Waals surface area contributed by atoms with Gasteiger partial charge in [-0.15, -0.1) is 0 Å². The summed E-state index contributed by atoms with van der Waals surface area (Å²) in [6.45, 7) is 8.02. The Morgan fingerprint density at radius 3 is 2.94 bits per heavy atom. The topological polar surface area (TPSA) is 36.6 Å². The van der Waals surface area contributed by atoms with E-state index >= 15 is 0 Å². The number of likely N-dealkylation sites (tertiary alicyclic amines) is 1. The summed E-state index contributed by atoms with van der Waals surface area (Å²) < 4.78 is 5.40. The highest BCUT2D eigenvalue weighted by molar-refractivity contribution is 4.99. The fourth-order valence-electron chi connectivity index (χ4n) is 2.96. The third-order valence-corrected chi connectivity index (χ3v) is 3.97. The van der Waals surface area contributed by atoms with Crippen LogP contribution in [0, 0.1) is 11.3 Å². The Bertz CT molecular complexity index is 332. The molecule has 0 spiro atoms. The molecule has 1 saturated heterocycles. The van der Waals surface area contributed by atoms with E-state index in [1.54, 1.807) is 6.26 Å². The molecule has 0 aromatic carbocycles. The minimum Gasteiger partial charge on any atom is -0.468 e. The first-order valence-electron chi connectivity index (χ1n) is 6.47. The van der Waals surface area contributed by atoms with Gasteiger partial charge in [0.05, 0.1) is 12.8 Å². The van der Waals surface area contributed by atoms with Gasteiger partial charge in [0.2, 0.25) is 0 Å². The Labute approximate surface area is 103 Å². The number of hydrogen-bond acceptors (Lipinski definition) is 3. The first-order valence-corrected chi connectivity index (χ1v) is 6.47. The maximum absolute atomic E-state index is 9.10. The molecule has 0 radical (unpaired) electrons. The molecule has 1 atom stereocenters. The second-order valence-corrected chi connectivity index (χ2v) is 5.78. The molecule has 0 amide bonds. The summed E-state index contributed by atoms with van der Waals surface area (Å²) >= 11 is 0. The number of hydrogen-bond donors (Lipinski definition) is 1. The van der Waals surface area contributed by atoms with Crippen LogP contribution in [0.3, 0.4) is 0 Å². The second-order valence-electron chi connectivity index (χ2n) is 5.78. The monoisotopic (exact) mass is 237 g/mol. The summed E-state index contributed by atoms with van der Waals surface area (Å²) in [6.07, 6.45) is 3.84. The second kappa shape index (κ2) is 5.23. The predicted molar refractivity (Wildman–Crippen MR) is 67.6 cm³/mol. The van der Waals surface area contributed by atoms with Crippen molar-refractivity contribution in [3.05, 3.63) is 24.2 Å². The minimum atomic E-state index is 0.285. The van der Waals surface area contributed by atoms with Gasteiger partial charge in [-0.3, -0.25) is 4.90 Å². The van der Waals surface area contributed by atoms with Crippen molar-refractivity contribution in [2.75, 3.05) is 19.7 Å². The zero-order chi connectivity index (χ0) is 12.3. The van der Waals surface area contributed by atoms with Crippen molar-refractivity contribution in [3.63, 3.8) is 0 Å². The third kappa shape index (κ3) is 3.11. The average Bonchev–Trinajstić information content (AvgIpc) is 2.74. The largest absolute Gasteiger partial charge is 0.468 e. The van der Waals surface area contributed by atoms with Gasteiger partial charge >= 0.3 is 0 Å². The highest BCUT2D eigenvalue weighted by atomic mass is 16.3. The fourth-order valence-corrected chi connectivity index (χ4v) is 2.96. The Morgan fingerprint density at radius 1 is 1.53 bits per heavy atom. The molecule has 1 fully saturated rings. The van der Waals surface area contributed by atoms with E-state index in [0.29, 0.717) is 12.5 Å².